The van der Waals surface area contributed by atoms with Crippen LogP contribution in [0.25, 0.3) is 5.65 Å². The number of nitrogens with one attached hydrogen (secondary N) is 1. The summed E-state index contributed by atoms with van der Waals surface area (Å²) in [4.78, 5) is 26.2. The fourth-order valence-corrected chi connectivity index (χ4v) is 3.31. The molecular weight excluding hydrogens is 387 g/mol. The maximum Gasteiger partial charge on any atom is 0.416 e. The summed E-state index contributed by atoms with van der Waals surface area (Å²) in [5, 5.41) is 10.5. The number of halogens is 3. The summed E-state index contributed by atoms with van der Waals surface area (Å²) in [6, 6.07) is 10.1. The molecule has 0 bridgehead atoms. The van der Waals surface area contributed by atoms with Gasteiger partial charge in [0.1, 0.15) is 0 Å². The van der Waals surface area contributed by atoms with E-state index in [1.54, 1.807) is 28.8 Å². The van der Waals surface area contributed by atoms with Crippen LogP contribution in [0.5, 0.6) is 0 Å². The minimum atomic E-state index is -4.45. The summed E-state index contributed by atoms with van der Waals surface area (Å²) >= 11 is 0. The first kappa shape index (κ1) is 18.9. The molecule has 2 amide bonds. The van der Waals surface area contributed by atoms with E-state index in [0.29, 0.717) is 11.2 Å². The van der Waals surface area contributed by atoms with E-state index < -0.39 is 17.7 Å². The highest BCUT2D eigenvalue weighted by Gasteiger charge is 2.35. The van der Waals surface area contributed by atoms with Gasteiger partial charge < -0.3 is 4.90 Å². The molecule has 0 saturated carbocycles. The van der Waals surface area contributed by atoms with Crippen molar-refractivity contribution in [3.05, 3.63) is 59.8 Å². The zero-order valence-electron chi connectivity index (χ0n) is 15.1. The third kappa shape index (κ3) is 3.91. The van der Waals surface area contributed by atoms with E-state index >= 15 is 0 Å². The SMILES string of the molecule is O=C(Nc1nnc2ccccn12)[C@@H]1CC(=O)N(Cc2cccc(C(F)(F)F)c2)C1. The molecule has 10 heteroatoms. The number of likely N-dealkylation sites (tertiary alicyclic amines) is 1. The smallest absolute Gasteiger partial charge is 0.338 e. The number of pyridine rings is 1. The molecular formula is C19H16F3N5O2. The molecule has 0 spiro atoms. The highest BCUT2D eigenvalue weighted by atomic mass is 19.4. The molecule has 1 aromatic carbocycles. The molecule has 29 heavy (non-hydrogen) atoms. The predicted molar refractivity (Wildman–Crippen MR) is 96.6 cm³/mol. The van der Waals surface area contributed by atoms with Gasteiger partial charge in [0, 0.05) is 25.7 Å². The van der Waals surface area contributed by atoms with Crippen molar-refractivity contribution >= 4 is 23.4 Å². The van der Waals surface area contributed by atoms with Crippen LogP contribution in [0.15, 0.2) is 48.7 Å². The van der Waals surface area contributed by atoms with Gasteiger partial charge in [-0.2, -0.15) is 13.2 Å². The molecule has 0 aliphatic carbocycles. The van der Waals surface area contributed by atoms with Crippen LogP contribution in [0.1, 0.15) is 17.5 Å². The summed E-state index contributed by atoms with van der Waals surface area (Å²) in [5.41, 5.74) is 0.156. The number of amides is 2. The lowest BCUT2D eigenvalue weighted by molar-refractivity contribution is -0.137. The molecule has 4 rings (SSSR count). The average Bonchev–Trinajstić information content (AvgIpc) is 3.25. The van der Waals surface area contributed by atoms with Crippen LogP contribution in [0.3, 0.4) is 0 Å². The molecule has 1 aliphatic heterocycles. The number of rotatable bonds is 4. The van der Waals surface area contributed by atoms with Gasteiger partial charge in [0.15, 0.2) is 5.65 Å². The standard InChI is InChI=1S/C19H16F3N5O2/c20-19(21,22)14-5-3-4-12(8-14)10-26-11-13(9-16(26)28)17(29)23-18-25-24-15-6-1-2-7-27(15)18/h1-8,13H,9-11H2,(H,23,25,29)/t13-/m1/s1. The summed E-state index contributed by atoms with van der Waals surface area (Å²) in [6.45, 7) is 0.137. The Morgan fingerprint density at radius 3 is 2.79 bits per heavy atom. The van der Waals surface area contributed by atoms with E-state index in [1.807, 2.05) is 0 Å². The van der Waals surface area contributed by atoms with E-state index in [1.165, 1.54) is 17.0 Å². The Labute approximate surface area is 163 Å². The van der Waals surface area contributed by atoms with Gasteiger partial charge in [-0.3, -0.25) is 19.3 Å². The number of fused-ring (bicyclic) bond motifs is 1. The zero-order chi connectivity index (χ0) is 20.6. The Morgan fingerprint density at radius 2 is 2.00 bits per heavy atom. The van der Waals surface area contributed by atoms with Crippen LogP contribution in [0.4, 0.5) is 19.1 Å². The van der Waals surface area contributed by atoms with Crippen LogP contribution in [0, 0.1) is 5.92 Å². The van der Waals surface area contributed by atoms with E-state index in [4.69, 9.17) is 0 Å². The molecule has 0 radical (unpaired) electrons. The van der Waals surface area contributed by atoms with Gasteiger partial charge in [0.25, 0.3) is 0 Å². The van der Waals surface area contributed by atoms with Gasteiger partial charge in [0.05, 0.1) is 11.5 Å². The first-order valence-electron chi connectivity index (χ1n) is 8.86. The number of carbonyl (C=O) groups excluding carboxylic acids is 2. The van der Waals surface area contributed by atoms with Crippen molar-refractivity contribution in [1.82, 2.24) is 19.5 Å². The molecule has 1 fully saturated rings. The Hall–Kier alpha value is -3.43. The molecule has 1 aliphatic rings. The minimum absolute atomic E-state index is 0.0124. The number of anilines is 1. The summed E-state index contributed by atoms with van der Waals surface area (Å²) in [6.07, 6.45) is -2.76. The van der Waals surface area contributed by atoms with Crippen LogP contribution in [-0.2, 0) is 22.3 Å². The monoisotopic (exact) mass is 403 g/mol. The summed E-state index contributed by atoms with van der Waals surface area (Å²) in [7, 11) is 0. The molecule has 1 atom stereocenters. The second kappa shape index (κ2) is 7.19. The van der Waals surface area contributed by atoms with Crippen LogP contribution in [0.2, 0.25) is 0 Å². The zero-order valence-corrected chi connectivity index (χ0v) is 15.1. The normalized spacial score (nSPS) is 17.1. The first-order valence-corrected chi connectivity index (χ1v) is 8.86. The summed E-state index contributed by atoms with van der Waals surface area (Å²) < 4.78 is 40.2. The van der Waals surface area contributed by atoms with E-state index in [0.717, 1.165) is 12.1 Å². The van der Waals surface area contributed by atoms with E-state index in [9.17, 15) is 22.8 Å². The largest absolute Gasteiger partial charge is 0.416 e. The average molecular weight is 403 g/mol. The second-order valence-electron chi connectivity index (χ2n) is 6.82. The van der Waals surface area contributed by atoms with Gasteiger partial charge in [-0.05, 0) is 29.8 Å². The number of alkyl halides is 3. The number of hydrogen-bond acceptors (Lipinski definition) is 4. The van der Waals surface area contributed by atoms with E-state index in [2.05, 4.69) is 15.5 Å². The van der Waals surface area contributed by atoms with Gasteiger partial charge in [-0.1, -0.05) is 18.2 Å². The molecule has 0 unspecified atom stereocenters. The maximum absolute atomic E-state index is 12.9. The molecule has 2 aromatic heterocycles. The highest BCUT2D eigenvalue weighted by Crippen LogP contribution is 2.30. The molecule has 1 N–H and O–H groups in total. The molecule has 7 nitrogen and oxygen atoms in total. The number of benzene rings is 1. The highest BCUT2D eigenvalue weighted by molar-refractivity contribution is 5.96. The Bertz CT molecular complexity index is 1080. The lowest BCUT2D eigenvalue weighted by atomic mass is 10.1. The van der Waals surface area contributed by atoms with Crippen molar-refractivity contribution in [2.75, 3.05) is 11.9 Å². The number of aromatic nitrogens is 3. The van der Waals surface area contributed by atoms with Gasteiger partial charge >= 0.3 is 6.18 Å². The van der Waals surface area contributed by atoms with Crippen LogP contribution >= 0.6 is 0 Å². The third-order valence-electron chi connectivity index (χ3n) is 4.76. The lowest BCUT2D eigenvalue weighted by Gasteiger charge is -2.17. The van der Waals surface area contributed by atoms with Crippen LogP contribution in [-0.4, -0.2) is 37.9 Å². The number of carbonyl (C=O) groups is 2. The Balaban J connectivity index is 1.43. The van der Waals surface area contributed by atoms with Crippen molar-refractivity contribution in [3.63, 3.8) is 0 Å². The Kier molecular flexibility index (Phi) is 4.69. The summed E-state index contributed by atoms with van der Waals surface area (Å²) in [5.74, 6) is -1.05. The molecule has 3 aromatic rings. The minimum Gasteiger partial charge on any atom is -0.338 e. The van der Waals surface area contributed by atoms with Crippen molar-refractivity contribution in [3.8, 4) is 0 Å². The van der Waals surface area contributed by atoms with Crippen molar-refractivity contribution in [2.45, 2.75) is 19.1 Å². The fraction of sp³-hybridized carbons (Fsp3) is 0.263. The van der Waals surface area contributed by atoms with Crippen molar-refractivity contribution in [2.24, 2.45) is 5.92 Å². The van der Waals surface area contributed by atoms with Gasteiger partial charge in [-0.15, -0.1) is 10.2 Å². The fourth-order valence-electron chi connectivity index (χ4n) is 3.31. The van der Waals surface area contributed by atoms with Crippen molar-refractivity contribution < 1.29 is 22.8 Å². The first-order chi connectivity index (χ1) is 13.8. The molecule has 1 saturated heterocycles. The van der Waals surface area contributed by atoms with Gasteiger partial charge in [0.2, 0.25) is 17.8 Å². The number of nitrogens with zero attached hydrogens (tertiary/aromatic N) is 4. The lowest BCUT2D eigenvalue weighted by Crippen LogP contribution is -2.28. The third-order valence-corrected chi connectivity index (χ3v) is 4.76. The van der Waals surface area contributed by atoms with Gasteiger partial charge in [-0.25, -0.2) is 0 Å². The Morgan fingerprint density at radius 1 is 1.17 bits per heavy atom. The molecule has 150 valence electrons. The van der Waals surface area contributed by atoms with Crippen molar-refractivity contribution in [1.29, 1.82) is 0 Å². The number of hydrogen-bond donors (Lipinski definition) is 1. The second-order valence-corrected chi connectivity index (χ2v) is 6.82. The van der Waals surface area contributed by atoms with Crippen LogP contribution < -0.4 is 5.32 Å². The maximum atomic E-state index is 12.9. The topological polar surface area (TPSA) is 79.6 Å². The van der Waals surface area contributed by atoms with E-state index in [-0.39, 0.29) is 37.3 Å². The predicted octanol–water partition coefficient (Wildman–Crippen LogP) is 2.74. The quantitative estimate of drug-likeness (QED) is 0.727. The molecule has 3 heterocycles.